The molecule has 2 aromatic rings. The van der Waals surface area contributed by atoms with Gasteiger partial charge in [0.15, 0.2) is 0 Å². The molecule has 2 rings (SSSR count). The highest BCUT2D eigenvalue weighted by molar-refractivity contribution is 7.15. The Labute approximate surface area is 123 Å². The van der Waals surface area contributed by atoms with Crippen molar-refractivity contribution in [3.05, 3.63) is 38.9 Å². The number of hydrogen-bond donors (Lipinski definition) is 3. The molecule has 0 radical (unpaired) electrons. The number of aromatic nitrogens is 2. The Morgan fingerprint density at radius 3 is 2.81 bits per heavy atom. The van der Waals surface area contributed by atoms with Crippen molar-refractivity contribution >= 4 is 33.8 Å². The Balaban J connectivity index is 2.22. The number of benzene rings is 1. The molecule has 1 aromatic heterocycles. The highest BCUT2D eigenvalue weighted by Crippen LogP contribution is 2.25. The van der Waals surface area contributed by atoms with Crippen LogP contribution in [0.5, 0.6) is 0 Å². The summed E-state index contributed by atoms with van der Waals surface area (Å²) in [7, 11) is 0. The number of nitro groups is 1. The molecule has 0 aliphatic rings. The Morgan fingerprint density at radius 1 is 1.48 bits per heavy atom. The monoisotopic (exact) mass is 308 g/mol. The normalized spacial score (nSPS) is 10.2. The summed E-state index contributed by atoms with van der Waals surface area (Å²) in [5.74, 6) is 4.69. The number of rotatable bonds is 5. The number of nitrogens with two attached hydrogens (primary N) is 1. The van der Waals surface area contributed by atoms with E-state index < -0.39 is 10.8 Å². The molecule has 0 unspecified atom stereocenters. The van der Waals surface area contributed by atoms with Crippen LogP contribution in [0.3, 0.4) is 0 Å². The molecule has 0 saturated carbocycles. The first-order valence-corrected chi connectivity index (χ1v) is 6.75. The third kappa shape index (κ3) is 3.30. The molecule has 10 heteroatoms. The van der Waals surface area contributed by atoms with Crippen LogP contribution in [-0.4, -0.2) is 21.0 Å². The first kappa shape index (κ1) is 14.8. The van der Waals surface area contributed by atoms with Crippen LogP contribution in [0.15, 0.2) is 18.2 Å². The number of hydrazine groups is 1. The number of nitro benzene ring substituents is 1. The van der Waals surface area contributed by atoms with Crippen molar-refractivity contribution in [1.82, 2.24) is 10.2 Å². The van der Waals surface area contributed by atoms with E-state index in [0.29, 0.717) is 5.13 Å². The summed E-state index contributed by atoms with van der Waals surface area (Å²) in [6.45, 7) is 1.92. The van der Waals surface area contributed by atoms with Crippen LogP contribution in [0.25, 0.3) is 0 Å². The third-order valence-electron chi connectivity index (χ3n) is 2.60. The fraction of sp³-hybridized carbons (Fsp3) is 0.182. The number of carbonyl (C=O) groups is 1. The van der Waals surface area contributed by atoms with E-state index in [1.807, 2.05) is 6.92 Å². The van der Waals surface area contributed by atoms with Crippen molar-refractivity contribution in [3.63, 3.8) is 0 Å². The highest BCUT2D eigenvalue weighted by atomic mass is 32.1. The minimum Gasteiger partial charge on any atom is -0.318 e. The number of aryl methyl sites for hydroxylation is 1. The fourth-order valence-corrected chi connectivity index (χ4v) is 2.24. The maximum Gasteiger partial charge on any atom is 0.294 e. The van der Waals surface area contributed by atoms with Gasteiger partial charge in [-0.05, 0) is 18.6 Å². The number of nitrogens with one attached hydrogen (secondary N) is 2. The van der Waals surface area contributed by atoms with Crippen molar-refractivity contribution in [3.8, 4) is 0 Å². The van der Waals surface area contributed by atoms with Crippen LogP contribution in [0.2, 0.25) is 0 Å². The van der Waals surface area contributed by atoms with Crippen LogP contribution in [0.4, 0.5) is 16.5 Å². The van der Waals surface area contributed by atoms with Crippen LogP contribution < -0.4 is 16.6 Å². The molecule has 9 nitrogen and oxygen atoms in total. The first-order valence-electron chi connectivity index (χ1n) is 5.94. The van der Waals surface area contributed by atoms with Gasteiger partial charge in [-0.15, -0.1) is 10.2 Å². The molecule has 0 bridgehead atoms. The van der Waals surface area contributed by atoms with E-state index in [1.165, 1.54) is 23.5 Å². The number of hydrogen-bond acceptors (Lipinski definition) is 8. The van der Waals surface area contributed by atoms with Crippen LogP contribution in [0.1, 0.15) is 22.3 Å². The van der Waals surface area contributed by atoms with E-state index >= 15 is 0 Å². The second-order valence-corrected chi connectivity index (χ2v) is 5.00. The summed E-state index contributed by atoms with van der Waals surface area (Å²) in [6, 6.07) is 3.94. The average molecular weight is 308 g/mol. The molecule has 0 aliphatic heterocycles. The summed E-state index contributed by atoms with van der Waals surface area (Å²) in [6.07, 6.45) is 0.718. The van der Waals surface area contributed by atoms with Crippen LogP contribution in [-0.2, 0) is 6.42 Å². The molecule has 21 heavy (non-hydrogen) atoms. The van der Waals surface area contributed by atoms with Crippen molar-refractivity contribution in [1.29, 1.82) is 0 Å². The minimum atomic E-state index is -0.619. The van der Waals surface area contributed by atoms with Crippen LogP contribution >= 0.6 is 11.3 Å². The molecule has 0 aliphatic carbocycles. The molecule has 0 fully saturated rings. The van der Waals surface area contributed by atoms with Gasteiger partial charge in [0.05, 0.1) is 4.92 Å². The van der Waals surface area contributed by atoms with Gasteiger partial charge in [0.25, 0.3) is 11.6 Å². The van der Waals surface area contributed by atoms with E-state index in [1.54, 1.807) is 0 Å². The second-order valence-electron chi connectivity index (χ2n) is 3.94. The Kier molecular flexibility index (Phi) is 4.40. The lowest BCUT2D eigenvalue weighted by molar-refractivity contribution is -0.384. The minimum absolute atomic E-state index is 0.126. The summed E-state index contributed by atoms with van der Waals surface area (Å²) < 4.78 is 0. The summed E-state index contributed by atoms with van der Waals surface area (Å²) in [5.41, 5.74) is 2.19. The highest BCUT2D eigenvalue weighted by Gasteiger charge is 2.18. The molecule has 0 atom stereocenters. The largest absolute Gasteiger partial charge is 0.318 e. The van der Waals surface area contributed by atoms with E-state index in [9.17, 15) is 14.9 Å². The topological polar surface area (TPSA) is 136 Å². The molecular formula is C11H12N6O3S. The van der Waals surface area contributed by atoms with Gasteiger partial charge in [-0.3, -0.25) is 26.1 Å². The molecule has 1 heterocycles. The zero-order valence-electron chi connectivity index (χ0n) is 11.0. The van der Waals surface area contributed by atoms with Gasteiger partial charge in [0, 0.05) is 11.6 Å². The second kappa shape index (κ2) is 6.24. The Morgan fingerprint density at radius 2 is 2.24 bits per heavy atom. The van der Waals surface area contributed by atoms with Crippen LogP contribution in [0, 0.1) is 10.1 Å². The molecule has 110 valence electrons. The molecule has 4 N–H and O–H groups in total. The van der Waals surface area contributed by atoms with Crippen molar-refractivity contribution in [2.24, 2.45) is 5.84 Å². The van der Waals surface area contributed by atoms with Crippen molar-refractivity contribution in [2.45, 2.75) is 13.3 Å². The van der Waals surface area contributed by atoms with E-state index in [4.69, 9.17) is 5.84 Å². The predicted octanol–water partition coefficient (Wildman–Crippen LogP) is 1.55. The number of amides is 1. The Hall–Kier alpha value is -2.59. The van der Waals surface area contributed by atoms with E-state index in [-0.39, 0.29) is 16.9 Å². The lowest BCUT2D eigenvalue weighted by Crippen LogP contribution is -2.14. The molecule has 0 spiro atoms. The summed E-state index contributed by atoms with van der Waals surface area (Å²) in [5, 5.41) is 22.3. The summed E-state index contributed by atoms with van der Waals surface area (Å²) in [4.78, 5) is 22.3. The lowest BCUT2D eigenvalue weighted by atomic mass is 10.1. The fourth-order valence-electron chi connectivity index (χ4n) is 1.56. The van der Waals surface area contributed by atoms with Gasteiger partial charge in [0.1, 0.15) is 10.7 Å². The van der Waals surface area contributed by atoms with Gasteiger partial charge < -0.3 is 5.43 Å². The van der Waals surface area contributed by atoms with Crippen molar-refractivity contribution < 1.29 is 9.72 Å². The van der Waals surface area contributed by atoms with Gasteiger partial charge >= 0.3 is 0 Å². The average Bonchev–Trinajstić information content (AvgIpc) is 2.94. The number of carbonyl (C=O) groups excluding carboxylic acids is 1. The maximum absolute atomic E-state index is 12.0. The molecule has 1 aromatic carbocycles. The molecular weight excluding hydrogens is 296 g/mol. The lowest BCUT2D eigenvalue weighted by Gasteiger charge is -2.04. The number of anilines is 2. The first-order chi connectivity index (χ1) is 10.0. The SMILES string of the molecule is CCc1nnc(NC(=O)c2ccc(NN)c([N+](=O)[O-])c2)s1. The Bertz CT molecular complexity index is 686. The smallest absolute Gasteiger partial charge is 0.294 e. The standard InChI is InChI=1S/C11H12N6O3S/c1-2-9-15-16-11(21-9)13-10(18)6-3-4-7(14-12)8(5-6)17(19)20/h3-5,14H,2,12H2,1H3,(H,13,16,18). The summed E-state index contributed by atoms with van der Waals surface area (Å²) >= 11 is 1.25. The van der Waals surface area contributed by atoms with Crippen molar-refractivity contribution in [2.75, 3.05) is 10.7 Å². The predicted molar refractivity (Wildman–Crippen MR) is 78.1 cm³/mol. The van der Waals surface area contributed by atoms with E-state index in [2.05, 4.69) is 20.9 Å². The van der Waals surface area contributed by atoms with Gasteiger partial charge in [-0.25, -0.2) is 0 Å². The van der Waals surface area contributed by atoms with Gasteiger partial charge in [-0.2, -0.15) is 0 Å². The quantitative estimate of drug-likeness (QED) is 0.433. The maximum atomic E-state index is 12.0. The molecule has 0 saturated heterocycles. The van der Waals surface area contributed by atoms with Gasteiger partial charge in [-0.1, -0.05) is 18.3 Å². The molecule has 1 amide bonds. The van der Waals surface area contributed by atoms with E-state index in [0.717, 1.165) is 17.5 Å². The zero-order chi connectivity index (χ0) is 15.4. The van der Waals surface area contributed by atoms with Gasteiger partial charge in [0.2, 0.25) is 5.13 Å². The number of nitrogen functional groups attached to an aromatic ring is 1. The zero-order valence-corrected chi connectivity index (χ0v) is 11.8. The number of nitrogens with zero attached hydrogens (tertiary/aromatic N) is 3. The third-order valence-corrected chi connectivity index (χ3v) is 3.58.